The highest BCUT2D eigenvalue weighted by atomic mass is 16.5. The predicted octanol–water partition coefficient (Wildman–Crippen LogP) is 4.74. The third-order valence-electron chi connectivity index (χ3n) is 5.22. The molecule has 0 saturated carbocycles. The van der Waals surface area contributed by atoms with Crippen LogP contribution in [-0.4, -0.2) is 41.1 Å². The fourth-order valence-electron chi connectivity index (χ4n) is 3.98. The maximum Gasteiger partial charge on any atom is 0.120 e. The van der Waals surface area contributed by atoms with Gasteiger partial charge in [0.2, 0.25) is 0 Å². The van der Waals surface area contributed by atoms with Crippen molar-refractivity contribution >= 4 is 10.9 Å². The highest BCUT2D eigenvalue weighted by Crippen LogP contribution is 2.37. The Balaban J connectivity index is 1.76. The monoisotopic (exact) mass is 349 g/mol. The molecule has 0 spiro atoms. The van der Waals surface area contributed by atoms with Gasteiger partial charge in [0, 0.05) is 41.4 Å². The Morgan fingerprint density at radius 2 is 2.08 bits per heavy atom. The number of likely N-dealkylation sites (N-methyl/N-ethyl adjacent to an activating group) is 1. The zero-order valence-corrected chi connectivity index (χ0v) is 16.0. The number of benzene rings is 1. The molecule has 3 aromatic rings. The number of nitrogens with zero attached hydrogens (tertiary/aromatic N) is 2. The molecule has 0 unspecified atom stereocenters. The average Bonchev–Trinajstić information content (AvgIpc) is 3.18. The van der Waals surface area contributed by atoms with Crippen molar-refractivity contribution in [2.45, 2.75) is 39.2 Å². The molecule has 1 aromatic carbocycles. The number of H-pyrrole nitrogens is 1. The summed E-state index contributed by atoms with van der Waals surface area (Å²) in [5, 5.41) is 1.26. The van der Waals surface area contributed by atoms with Crippen molar-refractivity contribution < 1.29 is 4.74 Å². The molecule has 1 aliphatic heterocycles. The van der Waals surface area contributed by atoms with Crippen LogP contribution in [0.5, 0.6) is 5.75 Å². The van der Waals surface area contributed by atoms with Gasteiger partial charge in [0.1, 0.15) is 11.9 Å². The number of fused-ring (bicyclic) bond motifs is 1. The molecule has 1 N–H and O–H groups in total. The molecule has 26 heavy (non-hydrogen) atoms. The zero-order valence-electron chi connectivity index (χ0n) is 16.0. The normalized spacial score (nSPS) is 18.1. The van der Waals surface area contributed by atoms with Crippen LogP contribution in [0.3, 0.4) is 0 Å². The van der Waals surface area contributed by atoms with Gasteiger partial charge in [0.05, 0.1) is 5.69 Å². The van der Waals surface area contributed by atoms with E-state index >= 15 is 0 Å². The quantitative estimate of drug-likeness (QED) is 0.739. The van der Waals surface area contributed by atoms with E-state index in [1.54, 1.807) is 0 Å². The van der Waals surface area contributed by atoms with Crippen LogP contribution in [-0.2, 0) is 0 Å². The number of aryl methyl sites for hydroxylation is 1. The molecule has 0 bridgehead atoms. The Morgan fingerprint density at radius 1 is 1.23 bits per heavy atom. The van der Waals surface area contributed by atoms with Gasteiger partial charge in [0.25, 0.3) is 0 Å². The Morgan fingerprint density at radius 3 is 2.77 bits per heavy atom. The first-order valence-electron chi connectivity index (χ1n) is 9.45. The van der Waals surface area contributed by atoms with E-state index in [4.69, 9.17) is 4.74 Å². The summed E-state index contributed by atoms with van der Waals surface area (Å²) >= 11 is 0. The van der Waals surface area contributed by atoms with Gasteiger partial charge in [-0.05, 0) is 62.2 Å². The minimum Gasteiger partial charge on any atom is -0.489 e. The number of aromatic nitrogens is 2. The van der Waals surface area contributed by atoms with E-state index < -0.39 is 0 Å². The second-order valence-electron chi connectivity index (χ2n) is 7.75. The first kappa shape index (κ1) is 17.1. The average molecular weight is 349 g/mol. The molecule has 2 aromatic heterocycles. The molecule has 136 valence electrons. The molecule has 0 aliphatic carbocycles. The highest BCUT2D eigenvalue weighted by Gasteiger charge is 2.22. The SMILES string of the molecule is Cc1cc(-c2[nH]c3ccc(O[C@@H]4CCN(C)C4)cc3c2C(C)C)ccn1. The van der Waals surface area contributed by atoms with Crippen molar-refractivity contribution in [3.63, 3.8) is 0 Å². The van der Waals surface area contributed by atoms with Crippen molar-refractivity contribution in [1.29, 1.82) is 0 Å². The summed E-state index contributed by atoms with van der Waals surface area (Å²) in [5.74, 6) is 1.39. The summed E-state index contributed by atoms with van der Waals surface area (Å²) in [5.41, 5.74) is 5.93. The number of likely N-dealkylation sites (tertiary alicyclic amines) is 1. The van der Waals surface area contributed by atoms with Crippen LogP contribution in [0.25, 0.3) is 22.2 Å². The second-order valence-corrected chi connectivity index (χ2v) is 7.75. The summed E-state index contributed by atoms with van der Waals surface area (Å²) in [6, 6.07) is 10.7. The van der Waals surface area contributed by atoms with E-state index in [1.807, 2.05) is 13.1 Å². The van der Waals surface area contributed by atoms with Gasteiger partial charge in [-0.15, -0.1) is 0 Å². The molecule has 1 saturated heterocycles. The van der Waals surface area contributed by atoms with Crippen LogP contribution >= 0.6 is 0 Å². The third kappa shape index (κ3) is 3.21. The lowest BCUT2D eigenvalue weighted by atomic mass is 9.96. The van der Waals surface area contributed by atoms with E-state index in [0.29, 0.717) is 12.0 Å². The van der Waals surface area contributed by atoms with Gasteiger partial charge in [-0.2, -0.15) is 0 Å². The molecular formula is C22H27N3O. The minimum absolute atomic E-state index is 0.293. The van der Waals surface area contributed by atoms with Crippen LogP contribution < -0.4 is 4.74 Å². The minimum atomic E-state index is 0.293. The van der Waals surface area contributed by atoms with Gasteiger partial charge >= 0.3 is 0 Å². The summed E-state index contributed by atoms with van der Waals surface area (Å²) in [6.45, 7) is 8.65. The summed E-state index contributed by atoms with van der Waals surface area (Å²) < 4.78 is 6.26. The molecule has 4 nitrogen and oxygen atoms in total. The van der Waals surface area contributed by atoms with Crippen LogP contribution in [0.15, 0.2) is 36.5 Å². The van der Waals surface area contributed by atoms with Crippen LogP contribution in [0.2, 0.25) is 0 Å². The highest BCUT2D eigenvalue weighted by molar-refractivity contribution is 5.92. The summed E-state index contributed by atoms with van der Waals surface area (Å²) in [4.78, 5) is 10.3. The third-order valence-corrected chi connectivity index (χ3v) is 5.22. The van der Waals surface area contributed by atoms with Crippen molar-refractivity contribution in [1.82, 2.24) is 14.9 Å². The number of aromatic amines is 1. The second kappa shape index (κ2) is 6.76. The molecule has 0 radical (unpaired) electrons. The van der Waals surface area contributed by atoms with Gasteiger partial charge in [-0.3, -0.25) is 4.98 Å². The molecule has 0 amide bonds. The molecule has 3 heterocycles. The van der Waals surface area contributed by atoms with E-state index in [9.17, 15) is 0 Å². The van der Waals surface area contributed by atoms with Crippen LogP contribution in [0, 0.1) is 6.92 Å². The molecule has 4 heteroatoms. The largest absolute Gasteiger partial charge is 0.489 e. The number of rotatable bonds is 4. The molecule has 4 rings (SSSR count). The smallest absolute Gasteiger partial charge is 0.120 e. The van der Waals surface area contributed by atoms with Gasteiger partial charge in [-0.25, -0.2) is 0 Å². The van der Waals surface area contributed by atoms with Gasteiger partial charge in [0.15, 0.2) is 0 Å². The van der Waals surface area contributed by atoms with Crippen LogP contribution in [0.4, 0.5) is 0 Å². The van der Waals surface area contributed by atoms with E-state index in [-0.39, 0.29) is 0 Å². The van der Waals surface area contributed by atoms with Crippen molar-refractivity contribution in [3.8, 4) is 17.0 Å². The number of nitrogens with one attached hydrogen (secondary N) is 1. The first-order chi connectivity index (χ1) is 12.5. The lowest BCUT2D eigenvalue weighted by molar-refractivity contribution is 0.208. The summed E-state index contributed by atoms with van der Waals surface area (Å²) in [6.07, 6.45) is 3.27. The topological polar surface area (TPSA) is 41.1 Å². The number of hydrogen-bond donors (Lipinski definition) is 1. The van der Waals surface area contributed by atoms with Crippen molar-refractivity contribution in [3.05, 3.63) is 47.8 Å². The first-order valence-corrected chi connectivity index (χ1v) is 9.45. The standard InChI is InChI=1S/C22H27N3O/c1-14(2)21-19-12-17(26-18-8-10-25(4)13-18)5-6-20(19)24-22(21)16-7-9-23-15(3)11-16/h5-7,9,11-12,14,18,24H,8,10,13H2,1-4H3/t18-/m1/s1. The van der Waals surface area contributed by atoms with Crippen molar-refractivity contribution in [2.75, 3.05) is 20.1 Å². The fraction of sp³-hybridized carbons (Fsp3) is 0.409. The van der Waals surface area contributed by atoms with Crippen LogP contribution in [0.1, 0.15) is 37.4 Å². The van der Waals surface area contributed by atoms with E-state index in [2.05, 4.69) is 66.1 Å². The zero-order chi connectivity index (χ0) is 18.3. The Hall–Kier alpha value is -2.33. The van der Waals surface area contributed by atoms with Gasteiger partial charge < -0.3 is 14.6 Å². The Labute approximate surface area is 155 Å². The lowest BCUT2D eigenvalue weighted by Crippen LogP contribution is -2.21. The lowest BCUT2D eigenvalue weighted by Gasteiger charge is -2.14. The van der Waals surface area contributed by atoms with Gasteiger partial charge in [-0.1, -0.05) is 13.8 Å². The Bertz CT molecular complexity index is 928. The molecule has 1 atom stereocenters. The van der Waals surface area contributed by atoms with Crippen molar-refractivity contribution in [2.24, 2.45) is 0 Å². The Kier molecular flexibility index (Phi) is 4.45. The fourth-order valence-corrected chi connectivity index (χ4v) is 3.98. The molecular weight excluding hydrogens is 322 g/mol. The predicted molar refractivity (Wildman–Crippen MR) is 107 cm³/mol. The maximum absolute atomic E-state index is 6.26. The molecule has 1 fully saturated rings. The van der Waals surface area contributed by atoms with E-state index in [0.717, 1.165) is 36.5 Å². The summed E-state index contributed by atoms with van der Waals surface area (Å²) in [7, 11) is 2.15. The molecule has 1 aliphatic rings. The number of pyridine rings is 1. The van der Waals surface area contributed by atoms with E-state index in [1.165, 1.54) is 22.2 Å². The number of hydrogen-bond acceptors (Lipinski definition) is 3. The maximum atomic E-state index is 6.26. The number of ether oxygens (including phenoxy) is 1.